The van der Waals surface area contributed by atoms with Gasteiger partial charge in [-0.25, -0.2) is 0 Å². The van der Waals surface area contributed by atoms with Crippen LogP contribution in [0.5, 0.6) is 0 Å². The lowest BCUT2D eigenvalue weighted by molar-refractivity contribution is 0.0884. The molecule has 0 bridgehead atoms. The molecule has 0 spiro atoms. The maximum atomic E-state index is 12.3. The van der Waals surface area contributed by atoms with Crippen molar-refractivity contribution in [3.8, 4) is 0 Å². The maximum Gasteiger partial charge on any atom is 0.287 e. The Hall–Kier alpha value is -1.48. The largest absolute Gasteiger partial charge is 0.449 e. The van der Waals surface area contributed by atoms with Crippen molar-refractivity contribution in [3.63, 3.8) is 0 Å². The molecular weight excluding hydrogens is 262 g/mol. The molecule has 0 aliphatic carbocycles. The summed E-state index contributed by atoms with van der Waals surface area (Å²) in [6, 6.07) is 5.51. The van der Waals surface area contributed by atoms with Crippen LogP contribution in [-0.4, -0.2) is 11.4 Å². The molecule has 0 aliphatic heterocycles. The van der Waals surface area contributed by atoms with Gasteiger partial charge in [0.15, 0.2) is 11.3 Å². The normalized spacial score (nSPS) is 11.8. The number of amides is 1. The van der Waals surface area contributed by atoms with Crippen LogP contribution in [0.4, 0.5) is 0 Å². The van der Waals surface area contributed by atoms with Gasteiger partial charge in [-0.3, -0.25) is 4.79 Å². The van der Waals surface area contributed by atoms with Gasteiger partial charge in [0, 0.05) is 16.5 Å². The third-order valence-electron chi connectivity index (χ3n) is 3.46. The summed E-state index contributed by atoms with van der Waals surface area (Å²) in [4.78, 5) is 12.3. The molecule has 102 valence electrons. The van der Waals surface area contributed by atoms with Crippen molar-refractivity contribution in [2.24, 2.45) is 0 Å². The second kappa shape index (κ2) is 4.89. The number of rotatable bonds is 3. The second-order valence-electron chi connectivity index (χ2n) is 5.36. The lowest BCUT2D eigenvalue weighted by Gasteiger charge is -2.23. The van der Waals surface area contributed by atoms with Crippen LogP contribution in [-0.2, 0) is 0 Å². The Morgan fingerprint density at radius 3 is 2.68 bits per heavy atom. The molecule has 4 heteroatoms. The van der Waals surface area contributed by atoms with Gasteiger partial charge in [-0.15, -0.1) is 0 Å². The summed E-state index contributed by atoms with van der Waals surface area (Å²) < 4.78 is 5.64. The van der Waals surface area contributed by atoms with Crippen LogP contribution in [0, 0.1) is 6.92 Å². The van der Waals surface area contributed by atoms with E-state index in [0.717, 1.165) is 17.4 Å². The molecule has 2 rings (SSSR count). The van der Waals surface area contributed by atoms with Gasteiger partial charge in [0.2, 0.25) is 0 Å². The van der Waals surface area contributed by atoms with E-state index in [-0.39, 0.29) is 11.4 Å². The Morgan fingerprint density at radius 2 is 2.11 bits per heavy atom. The van der Waals surface area contributed by atoms with E-state index < -0.39 is 0 Å². The van der Waals surface area contributed by atoms with Crippen LogP contribution in [0.2, 0.25) is 5.02 Å². The number of carbonyl (C=O) groups excluding carboxylic acids is 1. The van der Waals surface area contributed by atoms with Gasteiger partial charge >= 0.3 is 0 Å². The van der Waals surface area contributed by atoms with Crippen LogP contribution in [0.15, 0.2) is 22.6 Å². The fraction of sp³-hybridized carbons (Fsp3) is 0.400. The molecule has 0 aliphatic rings. The zero-order valence-electron chi connectivity index (χ0n) is 11.6. The van der Waals surface area contributed by atoms with E-state index in [4.69, 9.17) is 16.0 Å². The van der Waals surface area contributed by atoms with E-state index in [1.165, 1.54) is 0 Å². The van der Waals surface area contributed by atoms with Gasteiger partial charge in [0.25, 0.3) is 5.91 Å². The van der Waals surface area contributed by atoms with Crippen LogP contribution in [0.25, 0.3) is 11.0 Å². The summed E-state index contributed by atoms with van der Waals surface area (Å²) in [6.45, 7) is 7.87. The fourth-order valence-corrected chi connectivity index (χ4v) is 2.09. The highest BCUT2D eigenvalue weighted by molar-refractivity contribution is 6.35. The summed E-state index contributed by atoms with van der Waals surface area (Å²) in [6.07, 6.45) is 0.846. The molecule has 1 heterocycles. The Labute approximate surface area is 117 Å². The van der Waals surface area contributed by atoms with Gasteiger partial charge in [0.05, 0.1) is 5.02 Å². The minimum Gasteiger partial charge on any atom is -0.449 e. The lowest BCUT2D eigenvalue weighted by Crippen LogP contribution is -2.42. The van der Waals surface area contributed by atoms with Gasteiger partial charge in [-0.2, -0.15) is 0 Å². The molecule has 0 saturated carbocycles. The fourth-order valence-electron chi connectivity index (χ4n) is 1.88. The zero-order valence-corrected chi connectivity index (χ0v) is 12.4. The van der Waals surface area contributed by atoms with Crippen molar-refractivity contribution in [1.82, 2.24) is 5.32 Å². The Balaban J connectivity index is 2.44. The molecule has 0 saturated heterocycles. The number of fused-ring (bicyclic) bond motifs is 1. The standard InChI is InChI=1S/C15H18ClNO2/c1-5-15(3,4)17-14(18)12-9(2)10-7-6-8-11(16)13(10)19-12/h6-8H,5H2,1-4H3,(H,17,18). The van der Waals surface area contributed by atoms with Gasteiger partial charge < -0.3 is 9.73 Å². The molecular formula is C15H18ClNO2. The van der Waals surface area contributed by atoms with Gasteiger partial charge in [-0.1, -0.05) is 30.7 Å². The van der Waals surface area contributed by atoms with E-state index in [0.29, 0.717) is 16.4 Å². The van der Waals surface area contributed by atoms with E-state index in [2.05, 4.69) is 5.32 Å². The number of benzene rings is 1. The highest BCUT2D eigenvalue weighted by Crippen LogP contribution is 2.30. The molecule has 1 N–H and O–H groups in total. The van der Waals surface area contributed by atoms with Gasteiger partial charge in [0.1, 0.15) is 0 Å². The first-order chi connectivity index (χ1) is 8.85. The van der Waals surface area contributed by atoms with Crippen molar-refractivity contribution in [2.45, 2.75) is 39.7 Å². The predicted molar refractivity (Wildman–Crippen MR) is 77.8 cm³/mol. The van der Waals surface area contributed by atoms with Crippen LogP contribution in [0.1, 0.15) is 43.3 Å². The maximum absolute atomic E-state index is 12.3. The molecule has 2 aromatic rings. The SMILES string of the molecule is CCC(C)(C)NC(=O)c1oc2c(Cl)cccc2c1C. The number of hydrogen-bond donors (Lipinski definition) is 1. The third kappa shape index (κ3) is 2.61. The summed E-state index contributed by atoms with van der Waals surface area (Å²) in [7, 11) is 0. The Kier molecular flexibility index (Phi) is 3.59. The highest BCUT2D eigenvalue weighted by atomic mass is 35.5. The predicted octanol–water partition coefficient (Wildman–Crippen LogP) is 4.31. The first-order valence-electron chi connectivity index (χ1n) is 6.36. The molecule has 0 radical (unpaired) electrons. The number of para-hydroxylation sites is 1. The number of halogens is 1. The molecule has 0 unspecified atom stereocenters. The third-order valence-corrected chi connectivity index (χ3v) is 3.76. The van der Waals surface area contributed by atoms with E-state index in [1.807, 2.05) is 39.8 Å². The first-order valence-corrected chi connectivity index (χ1v) is 6.73. The summed E-state index contributed by atoms with van der Waals surface area (Å²) in [5.41, 5.74) is 1.13. The number of nitrogens with one attached hydrogen (secondary N) is 1. The van der Waals surface area contributed by atoms with Crippen molar-refractivity contribution in [2.75, 3.05) is 0 Å². The zero-order chi connectivity index (χ0) is 14.2. The molecule has 19 heavy (non-hydrogen) atoms. The van der Waals surface area contributed by atoms with Crippen LogP contribution < -0.4 is 5.32 Å². The van der Waals surface area contributed by atoms with Crippen LogP contribution in [0.3, 0.4) is 0 Å². The molecule has 1 amide bonds. The number of carbonyl (C=O) groups is 1. The molecule has 3 nitrogen and oxygen atoms in total. The summed E-state index contributed by atoms with van der Waals surface area (Å²) in [5.74, 6) is 0.140. The van der Waals surface area contributed by atoms with Crippen molar-refractivity contribution in [3.05, 3.63) is 34.5 Å². The van der Waals surface area contributed by atoms with Crippen molar-refractivity contribution < 1.29 is 9.21 Å². The summed E-state index contributed by atoms with van der Waals surface area (Å²) in [5, 5.41) is 4.37. The minimum atomic E-state index is -0.258. The van der Waals surface area contributed by atoms with E-state index >= 15 is 0 Å². The molecule has 0 fully saturated rings. The van der Waals surface area contributed by atoms with Gasteiger partial charge in [-0.05, 0) is 33.3 Å². The molecule has 1 aromatic carbocycles. The topological polar surface area (TPSA) is 42.2 Å². The van der Waals surface area contributed by atoms with E-state index in [1.54, 1.807) is 6.07 Å². The Bertz CT molecular complexity index is 628. The average Bonchev–Trinajstić information content (AvgIpc) is 2.68. The first kappa shape index (κ1) is 13.9. The highest BCUT2D eigenvalue weighted by Gasteiger charge is 2.24. The second-order valence-corrected chi connectivity index (χ2v) is 5.77. The quantitative estimate of drug-likeness (QED) is 0.909. The van der Waals surface area contributed by atoms with Crippen molar-refractivity contribution in [1.29, 1.82) is 0 Å². The number of furan rings is 1. The van der Waals surface area contributed by atoms with E-state index in [9.17, 15) is 4.79 Å². The minimum absolute atomic E-state index is 0.198. The average molecular weight is 280 g/mol. The number of hydrogen-bond acceptors (Lipinski definition) is 2. The molecule has 1 aromatic heterocycles. The monoisotopic (exact) mass is 279 g/mol. The van der Waals surface area contributed by atoms with Crippen LogP contribution >= 0.6 is 11.6 Å². The smallest absolute Gasteiger partial charge is 0.287 e. The Morgan fingerprint density at radius 1 is 1.42 bits per heavy atom. The lowest BCUT2D eigenvalue weighted by atomic mass is 10.0. The van der Waals surface area contributed by atoms with Crippen molar-refractivity contribution >= 4 is 28.5 Å². The summed E-state index contributed by atoms with van der Waals surface area (Å²) >= 11 is 6.08. The number of aryl methyl sites for hydroxylation is 1. The molecule has 0 atom stereocenters.